The number of thiol groups is 1. The molecule has 0 heterocycles. The lowest BCUT2D eigenvalue weighted by molar-refractivity contribution is 0.613. The number of hydrogen-bond acceptors (Lipinski definition) is 3. The maximum absolute atomic E-state index is 12.7. The standard InChI is InChI=1S/C7H8FNO2S/c8-6-3-5(4-12(10)11)1-2-7(6)9/h1-3,12H,4,9H2. The average molecular weight is 189 g/mol. The monoisotopic (exact) mass is 189 g/mol. The number of benzene rings is 1. The van der Waals surface area contributed by atoms with Crippen molar-refractivity contribution < 1.29 is 12.8 Å². The SMILES string of the molecule is Nc1ccc(C[SH](=O)=O)cc1F. The van der Waals surface area contributed by atoms with E-state index in [1.165, 1.54) is 12.1 Å². The van der Waals surface area contributed by atoms with E-state index in [9.17, 15) is 12.8 Å². The molecule has 0 radical (unpaired) electrons. The smallest absolute Gasteiger partial charge is 0.146 e. The molecule has 0 aliphatic carbocycles. The molecule has 2 N–H and O–H groups in total. The van der Waals surface area contributed by atoms with Gasteiger partial charge in [0.05, 0.1) is 11.4 Å². The second-order valence-electron chi connectivity index (χ2n) is 2.35. The Hall–Kier alpha value is -1.10. The van der Waals surface area contributed by atoms with Crippen LogP contribution in [0.1, 0.15) is 5.56 Å². The third-order valence-electron chi connectivity index (χ3n) is 1.38. The first-order valence-electron chi connectivity index (χ1n) is 3.25. The van der Waals surface area contributed by atoms with Gasteiger partial charge >= 0.3 is 0 Å². The van der Waals surface area contributed by atoms with Crippen molar-refractivity contribution in [2.75, 3.05) is 5.73 Å². The van der Waals surface area contributed by atoms with Crippen LogP contribution in [0.2, 0.25) is 0 Å². The minimum Gasteiger partial charge on any atom is -0.396 e. The van der Waals surface area contributed by atoms with Gasteiger partial charge < -0.3 is 5.73 Å². The molecule has 3 nitrogen and oxygen atoms in total. The van der Waals surface area contributed by atoms with E-state index in [2.05, 4.69) is 0 Å². The minimum atomic E-state index is -2.51. The van der Waals surface area contributed by atoms with E-state index in [-0.39, 0.29) is 11.4 Å². The predicted octanol–water partition coefficient (Wildman–Crippen LogP) is 0.519. The Morgan fingerprint density at radius 3 is 2.58 bits per heavy atom. The Morgan fingerprint density at radius 1 is 1.42 bits per heavy atom. The Morgan fingerprint density at radius 2 is 2.08 bits per heavy atom. The van der Waals surface area contributed by atoms with E-state index >= 15 is 0 Å². The molecule has 1 rings (SSSR count). The third-order valence-corrected chi connectivity index (χ3v) is 2.00. The molecule has 1 aromatic carbocycles. The molecule has 0 fully saturated rings. The first kappa shape index (κ1) is 8.99. The molecule has 0 unspecified atom stereocenters. The molecule has 0 spiro atoms. The summed E-state index contributed by atoms with van der Waals surface area (Å²) in [4.78, 5) is 0. The van der Waals surface area contributed by atoms with E-state index in [4.69, 9.17) is 5.73 Å². The van der Waals surface area contributed by atoms with Gasteiger partial charge in [-0.15, -0.1) is 0 Å². The number of nitrogen functional groups attached to an aromatic ring is 1. The zero-order valence-corrected chi connectivity index (χ0v) is 7.05. The molecule has 0 saturated heterocycles. The van der Waals surface area contributed by atoms with Crippen molar-refractivity contribution in [2.45, 2.75) is 5.75 Å². The number of rotatable bonds is 2. The van der Waals surface area contributed by atoms with Crippen molar-refractivity contribution in [2.24, 2.45) is 0 Å². The van der Waals surface area contributed by atoms with Crippen molar-refractivity contribution >= 4 is 16.4 Å². The van der Waals surface area contributed by atoms with E-state index < -0.39 is 16.5 Å². The summed E-state index contributed by atoms with van der Waals surface area (Å²) in [5, 5.41) is 0. The lowest BCUT2D eigenvalue weighted by atomic mass is 10.2. The maximum Gasteiger partial charge on any atom is 0.146 e. The van der Waals surface area contributed by atoms with Gasteiger partial charge in [0, 0.05) is 0 Å². The zero-order valence-electron chi connectivity index (χ0n) is 6.16. The Balaban J connectivity index is 2.97. The van der Waals surface area contributed by atoms with Crippen LogP contribution < -0.4 is 5.73 Å². The van der Waals surface area contributed by atoms with E-state index in [0.29, 0.717) is 5.56 Å². The summed E-state index contributed by atoms with van der Waals surface area (Å²) < 4.78 is 33.2. The van der Waals surface area contributed by atoms with Crippen LogP contribution in [0.15, 0.2) is 18.2 Å². The maximum atomic E-state index is 12.7. The molecule has 0 aliphatic heterocycles. The van der Waals surface area contributed by atoms with Crippen molar-refractivity contribution in [3.8, 4) is 0 Å². The van der Waals surface area contributed by atoms with E-state index in [1.807, 2.05) is 0 Å². The van der Waals surface area contributed by atoms with Gasteiger partial charge in [-0.2, -0.15) is 0 Å². The van der Waals surface area contributed by atoms with Crippen LogP contribution in [0.4, 0.5) is 10.1 Å². The highest BCUT2D eigenvalue weighted by Gasteiger charge is 2.00. The van der Waals surface area contributed by atoms with Gasteiger partial charge in [0.25, 0.3) is 0 Å². The highest BCUT2D eigenvalue weighted by atomic mass is 32.2. The van der Waals surface area contributed by atoms with Gasteiger partial charge in [0.2, 0.25) is 0 Å². The summed E-state index contributed by atoms with van der Waals surface area (Å²) >= 11 is 0. The van der Waals surface area contributed by atoms with Crippen molar-refractivity contribution in [3.63, 3.8) is 0 Å². The fraction of sp³-hybridized carbons (Fsp3) is 0.143. The molecule has 0 saturated carbocycles. The lowest BCUT2D eigenvalue weighted by Gasteiger charge is -1.97. The van der Waals surface area contributed by atoms with Gasteiger partial charge in [-0.05, 0) is 17.7 Å². The number of nitrogens with two attached hydrogens (primary N) is 1. The average Bonchev–Trinajstić information content (AvgIpc) is 1.96. The van der Waals surface area contributed by atoms with E-state index in [1.54, 1.807) is 0 Å². The Bertz CT molecular complexity index is 354. The van der Waals surface area contributed by atoms with Gasteiger partial charge in [-0.25, -0.2) is 12.8 Å². The molecule has 0 atom stereocenters. The molecule has 66 valence electrons. The molecule has 1 aromatic rings. The largest absolute Gasteiger partial charge is 0.396 e. The molecule has 12 heavy (non-hydrogen) atoms. The van der Waals surface area contributed by atoms with Crippen LogP contribution in [-0.2, 0) is 16.5 Å². The summed E-state index contributed by atoms with van der Waals surface area (Å²) in [7, 11) is -2.51. The van der Waals surface area contributed by atoms with Crippen LogP contribution >= 0.6 is 0 Å². The molecule has 0 aromatic heterocycles. The quantitative estimate of drug-likeness (QED) is 0.526. The second-order valence-corrected chi connectivity index (χ2v) is 3.33. The predicted molar refractivity (Wildman–Crippen MR) is 44.8 cm³/mol. The van der Waals surface area contributed by atoms with E-state index in [0.717, 1.165) is 6.07 Å². The lowest BCUT2D eigenvalue weighted by Crippen LogP contribution is -1.93. The first-order valence-corrected chi connectivity index (χ1v) is 4.61. The highest BCUT2D eigenvalue weighted by Crippen LogP contribution is 2.12. The minimum absolute atomic E-state index is 0.0277. The fourth-order valence-electron chi connectivity index (χ4n) is 0.818. The molecular weight excluding hydrogens is 181 g/mol. The topological polar surface area (TPSA) is 60.2 Å². The second kappa shape index (κ2) is 3.53. The van der Waals surface area contributed by atoms with Crippen molar-refractivity contribution in [3.05, 3.63) is 29.6 Å². The molecular formula is C7H8FNO2S. The van der Waals surface area contributed by atoms with Crippen LogP contribution in [0.5, 0.6) is 0 Å². The van der Waals surface area contributed by atoms with Gasteiger partial charge in [0.15, 0.2) is 0 Å². The van der Waals surface area contributed by atoms with Crippen LogP contribution in [0, 0.1) is 5.82 Å². The molecule has 0 bridgehead atoms. The van der Waals surface area contributed by atoms with Crippen molar-refractivity contribution in [1.29, 1.82) is 0 Å². The first-order chi connectivity index (χ1) is 5.59. The van der Waals surface area contributed by atoms with Crippen molar-refractivity contribution in [1.82, 2.24) is 0 Å². The fourth-order valence-corrected chi connectivity index (χ4v) is 1.31. The van der Waals surface area contributed by atoms with Crippen LogP contribution in [0.25, 0.3) is 0 Å². The normalized spacial score (nSPS) is 10.5. The van der Waals surface area contributed by atoms with Gasteiger partial charge in [0.1, 0.15) is 16.5 Å². The van der Waals surface area contributed by atoms with Gasteiger partial charge in [-0.1, -0.05) is 6.07 Å². The van der Waals surface area contributed by atoms with Crippen LogP contribution in [-0.4, -0.2) is 8.42 Å². The number of halogens is 1. The number of anilines is 1. The summed E-state index contributed by atoms with van der Waals surface area (Å²) in [6.07, 6.45) is 0. The third kappa shape index (κ3) is 2.20. The highest BCUT2D eigenvalue weighted by molar-refractivity contribution is 7.71. The van der Waals surface area contributed by atoms with Crippen LogP contribution in [0.3, 0.4) is 0 Å². The summed E-state index contributed by atoms with van der Waals surface area (Å²) in [6.45, 7) is 0. The Labute approximate surface area is 71.0 Å². The zero-order chi connectivity index (χ0) is 9.14. The van der Waals surface area contributed by atoms with Gasteiger partial charge in [-0.3, -0.25) is 0 Å². The molecule has 0 aliphatic rings. The number of hydrogen-bond donors (Lipinski definition) is 2. The summed E-state index contributed by atoms with van der Waals surface area (Å²) in [5.74, 6) is -0.726. The summed E-state index contributed by atoms with van der Waals surface area (Å²) in [5.41, 5.74) is 5.64. The Kier molecular flexibility index (Phi) is 2.65. The molecule has 5 heteroatoms. The molecule has 0 amide bonds. The summed E-state index contributed by atoms with van der Waals surface area (Å²) in [6, 6.07) is 3.97.